The van der Waals surface area contributed by atoms with E-state index in [0.29, 0.717) is 12.3 Å². The van der Waals surface area contributed by atoms with E-state index in [0.717, 1.165) is 42.2 Å². The lowest BCUT2D eigenvalue weighted by Gasteiger charge is -2.48. The quantitative estimate of drug-likeness (QED) is 0.773. The third kappa shape index (κ3) is 2.83. The van der Waals surface area contributed by atoms with Gasteiger partial charge in [0.05, 0.1) is 7.11 Å². The minimum Gasteiger partial charge on any atom is -0.497 e. The van der Waals surface area contributed by atoms with E-state index in [1.165, 1.54) is 11.1 Å². The Bertz CT molecular complexity index is 540. The Morgan fingerprint density at radius 1 is 1.41 bits per heavy atom. The highest BCUT2D eigenvalue weighted by molar-refractivity contribution is 9.10. The number of carbonyl (C=O) groups excluding carboxylic acids is 1. The predicted octanol–water partition coefficient (Wildman–Crippen LogP) is 3.99. The molecule has 1 aromatic carbocycles. The molecule has 22 heavy (non-hydrogen) atoms. The van der Waals surface area contributed by atoms with E-state index in [4.69, 9.17) is 10.5 Å². The van der Waals surface area contributed by atoms with Crippen LogP contribution in [0.2, 0.25) is 0 Å². The Balaban J connectivity index is 2.61. The first-order chi connectivity index (χ1) is 10.5. The fourth-order valence-corrected chi connectivity index (χ4v) is 4.86. The maximum Gasteiger partial charge on any atom is 0.120 e. The fraction of sp³-hybridized carbons (Fsp3) is 0.611. The molecule has 2 unspecified atom stereocenters. The van der Waals surface area contributed by atoms with Crippen molar-refractivity contribution in [2.24, 2.45) is 11.7 Å². The van der Waals surface area contributed by atoms with Gasteiger partial charge >= 0.3 is 0 Å². The fourth-order valence-electron chi connectivity index (χ4n) is 4.26. The molecule has 0 spiro atoms. The lowest BCUT2D eigenvalue weighted by Crippen LogP contribution is -2.50. The average Bonchev–Trinajstić information content (AvgIpc) is 2.53. The minimum atomic E-state index is 0.0209. The van der Waals surface area contributed by atoms with Crippen molar-refractivity contribution in [3.8, 4) is 5.75 Å². The Morgan fingerprint density at radius 2 is 2.09 bits per heavy atom. The van der Waals surface area contributed by atoms with Crippen LogP contribution >= 0.6 is 15.9 Å². The lowest BCUT2D eigenvalue weighted by atomic mass is 9.57. The van der Waals surface area contributed by atoms with Crippen molar-refractivity contribution in [3.63, 3.8) is 0 Å². The molecule has 3 nitrogen and oxygen atoms in total. The van der Waals surface area contributed by atoms with Crippen molar-refractivity contribution in [1.29, 1.82) is 0 Å². The number of halogens is 1. The zero-order valence-electron chi connectivity index (χ0n) is 13.7. The van der Waals surface area contributed by atoms with Crippen molar-refractivity contribution in [1.82, 2.24) is 0 Å². The van der Waals surface area contributed by atoms with Gasteiger partial charge in [0.2, 0.25) is 0 Å². The van der Waals surface area contributed by atoms with Crippen molar-refractivity contribution in [2.45, 2.75) is 57.4 Å². The lowest BCUT2D eigenvalue weighted by molar-refractivity contribution is -0.108. The number of methoxy groups -OCH3 is 1. The molecule has 122 valence electrons. The van der Waals surface area contributed by atoms with Crippen molar-refractivity contribution in [2.75, 3.05) is 7.11 Å². The standard InChI is InChI=1S/C18H26BrNO2/c1-4-18(5-2)14(7-6-8-21)17(20)11-13-15(18)9-12(22-3)10-16(13)19/h8-10,14,17H,4-7,11,20H2,1-3H3. The van der Waals surface area contributed by atoms with E-state index >= 15 is 0 Å². The van der Waals surface area contributed by atoms with Crippen LogP contribution in [0.1, 0.15) is 50.7 Å². The Hall–Kier alpha value is -0.870. The summed E-state index contributed by atoms with van der Waals surface area (Å²) >= 11 is 3.69. The molecule has 0 saturated carbocycles. The second-order valence-corrected chi connectivity index (χ2v) is 7.07. The normalized spacial score (nSPS) is 23.0. The zero-order valence-corrected chi connectivity index (χ0v) is 15.3. The Labute approximate surface area is 141 Å². The highest BCUT2D eigenvalue weighted by Crippen LogP contribution is 2.50. The van der Waals surface area contributed by atoms with Crippen LogP contribution in [-0.4, -0.2) is 19.4 Å². The average molecular weight is 368 g/mol. The Morgan fingerprint density at radius 3 is 2.64 bits per heavy atom. The number of ether oxygens (including phenoxy) is 1. The van der Waals surface area contributed by atoms with E-state index in [2.05, 4.69) is 35.8 Å². The number of nitrogens with two attached hydrogens (primary N) is 1. The zero-order chi connectivity index (χ0) is 16.3. The summed E-state index contributed by atoms with van der Waals surface area (Å²) < 4.78 is 6.55. The van der Waals surface area contributed by atoms with Crippen LogP contribution in [0.25, 0.3) is 0 Å². The van der Waals surface area contributed by atoms with E-state index < -0.39 is 0 Å². The van der Waals surface area contributed by atoms with Crippen LogP contribution in [0.5, 0.6) is 5.75 Å². The SMILES string of the molecule is CCC1(CC)c2cc(OC)cc(Br)c2CC(N)C1CCC=O. The molecule has 0 saturated heterocycles. The molecule has 0 bridgehead atoms. The van der Waals surface area contributed by atoms with Crippen molar-refractivity contribution >= 4 is 22.2 Å². The van der Waals surface area contributed by atoms with Gasteiger partial charge in [-0.25, -0.2) is 0 Å². The molecule has 0 radical (unpaired) electrons. The molecular formula is C18H26BrNO2. The summed E-state index contributed by atoms with van der Waals surface area (Å²) in [6.45, 7) is 4.46. The summed E-state index contributed by atoms with van der Waals surface area (Å²) in [5.41, 5.74) is 9.21. The second-order valence-electron chi connectivity index (χ2n) is 6.22. The van der Waals surface area contributed by atoms with Gasteiger partial charge in [0.1, 0.15) is 12.0 Å². The van der Waals surface area contributed by atoms with Crippen molar-refractivity contribution in [3.05, 3.63) is 27.7 Å². The topological polar surface area (TPSA) is 52.3 Å². The Kier molecular flexibility index (Phi) is 5.67. The first-order valence-corrected chi connectivity index (χ1v) is 8.89. The van der Waals surface area contributed by atoms with Gasteiger partial charge < -0.3 is 15.3 Å². The van der Waals surface area contributed by atoms with Gasteiger partial charge in [-0.1, -0.05) is 29.8 Å². The predicted molar refractivity (Wildman–Crippen MR) is 93.4 cm³/mol. The minimum absolute atomic E-state index is 0.0209. The molecular weight excluding hydrogens is 342 g/mol. The molecule has 4 heteroatoms. The molecule has 2 rings (SSSR count). The highest BCUT2D eigenvalue weighted by Gasteiger charge is 2.45. The van der Waals surface area contributed by atoms with Crippen LogP contribution in [-0.2, 0) is 16.6 Å². The molecule has 2 atom stereocenters. The van der Waals surface area contributed by atoms with Crippen molar-refractivity contribution < 1.29 is 9.53 Å². The van der Waals surface area contributed by atoms with Gasteiger partial charge in [0, 0.05) is 16.9 Å². The third-order valence-electron chi connectivity index (χ3n) is 5.46. The third-order valence-corrected chi connectivity index (χ3v) is 6.17. The summed E-state index contributed by atoms with van der Waals surface area (Å²) in [7, 11) is 1.70. The maximum atomic E-state index is 10.9. The number of fused-ring (bicyclic) bond motifs is 1. The van der Waals surface area contributed by atoms with Gasteiger partial charge in [-0.05, 0) is 60.3 Å². The van der Waals surface area contributed by atoms with Crippen LogP contribution in [0.15, 0.2) is 16.6 Å². The first-order valence-electron chi connectivity index (χ1n) is 8.10. The van der Waals surface area contributed by atoms with E-state index in [9.17, 15) is 4.79 Å². The van der Waals surface area contributed by atoms with Crippen LogP contribution in [0.4, 0.5) is 0 Å². The molecule has 1 aliphatic carbocycles. The number of rotatable bonds is 6. The van der Waals surface area contributed by atoms with Gasteiger partial charge in [-0.3, -0.25) is 0 Å². The summed E-state index contributed by atoms with van der Waals surface area (Å²) in [4.78, 5) is 10.9. The molecule has 0 fully saturated rings. The van der Waals surface area contributed by atoms with Crippen LogP contribution in [0, 0.1) is 5.92 Å². The van der Waals surface area contributed by atoms with E-state index in [1.807, 2.05) is 6.07 Å². The van der Waals surface area contributed by atoms with Crippen LogP contribution < -0.4 is 10.5 Å². The largest absolute Gasteiger partial charge is 0.497 e. The molecule has 0 aliphatic heterocycles. The van der Waals surface area contributed by atoms with E-state index in [1.54, 1.807) is 7.11 Å². The summed E-state index contributed by atoms with van der Waals surface area (Å²) in [6, 6.07) is 4.29. The van der Waals surface area contributed by atoms with Gasteiger partial charge in [-0.15, -0.1) is 0 Å². The summed E-state index contributed by atoms with van der Waals surface area (Å²) in [6.07, 6.45) is 5.35. The van der Waals surface area contributed by atoms with Crippen LogP contribution in [0.3, 0.4) is 0 Å². The van der Waals surface area contributed by atoms with Gasteiger partial charge in [0.15, 0.2) is 0 Å². The molecule has 0 heterocycles. The number of aldehydes is 1. The summed E-state index contributed by atoms with van der Waals surface area (Å²) in [5, 5.41) is 0. The molecule has 0 aromatic heterocycles. The molecule has 1 aromatic rings. The number of hydrogen-bond acceptors (Lipinski definition) is 3. The number of benzene rings is 1. The van der Waals surface area contributed by atoms with Gasteiger partial charge in [0.25, 0.3) is 0 Å². The molecule has 0 amide bonds. The monoisotopic (exact) mass is 367 g/mol. The maximum absolute atomic E-state index is 10.9. The highest BCUT2D eigenvalue weighted by atomic mass is 79.9. The first kappa shape index (κ1) is 17.5. The summed E-state index contributed by atoms with van der Waals surface area (Å²) in [5.74, 6) is 1.21. The molecule has 1 aliphatic rings. The molecule has 2 N–H and O–H groups in total. The number of hydrogen-bond donors (Lipinski definition) is 1. The second kappa shape index (κ2) is 7.14. The van der Waals surface area contributed by atoms with Gasteiger partial charge in [-0.2, -0.15) is 0 Å². The number of carbonyl (C=O) groups is 1. The van der Waals surface area contributed by atoms with E-state index in [-0.39, 0.29) is 11.5 Å². The smallest absolute Gasteiger partial charge is 0.120 e.